The number of rotatable bonds is 3. The van der Waals surface area contributed by atoms with Crippen molar-refractivity contribution in [1.29, 1.82) is 0 Å². The number of carbonyl (C=O) groups is 2. The minimum absolute atomic E-state index is 0.317. The number of nitrogens with one attached hydrogen (secondary N) is 2. The highest BCUT2D eigenvalue weighted by Gasteiger charge is 2.10. The van der Waals surface area contributed by atoms with E-state index in [2.05, 4.69) is 16.6 Å². The van der Waals surface area contributed by atoms with Gasteiger partial charge in [-0.2, -0.15) is 0 Å². The van der Waals surface area contributed by atoms with E-state index in [0.29, 0.717) is 23.1 Å². The van der Waals surface area contributed by atoms with Gasteiger partial charge in [-0.1, -0.05) is 18.7 Å². The number of urea groups is 1. The summed E-state index contributed by atoms with van der Waals surface area (Å²) in [6, 6.07) is 5.38. The van der Waals surface area contributed by atoms with E-state index < -0.39 is 13.1 Å². The van der Waals surface area contributed by atoms with Crippen LogP contribution in [0, 0.1) is 0 Å². The van der Waals surface area contributed by atoms with E-state index in [1.165, 1.54) is 24.3 Å². The molecule has 0 bridgehead atoms. The lowest BCUT2D eigenvalue weighted by atomic mass is 9.80. The van der Waals surface area contributed by atoms with Crippen molar-refractivity contribution >= 4 is 41.4 Å². The Labute approximate surface area is 108 Å². The molecule has 2 amide bonds. The molecule has 0 fully saturated rings. The Bertz CT molecular complexity index is 450. The standard InChI is InChI=1S/C10H11BN2O4S/c1-2-9(14)18-13-10(15)12-8-5-3-7(4-6-8)11(16)17/h2-6,16-17H,1H2,(H2,12,13,15). The summed E-state index contributed by atoms with van der Waals surface area (Å²) in [5.41, 5.74) is 0.778. The highest BCUT2D eigenvalue weighted by Crippen LogP contribution is 2.05. The normalized spacial score (nSPS) is 9.44. The molecule has 4 N–H and O–H groups in total. The van der Waals surface area contributed by atoms with E-state index in [0.717, 1.165) is 6.08 Å². The van der Waals surface area contributed by atoms with Gasteiger partial charge < -0.3 is 15.4 Å². The van der Waals surface area contributed by atoms with Gasteiger partial charge in [-0.15, -0.1) is 0 Å². The molecule has 0 aliphatic heterocycles. The molecule has 94 valence electrons. The van der Waals surface area contributed by atoms with E-state index in [9.17, 15) is 9.59 Å². The smallest absolute Gasteiger partial charge is 0.423 e. The largest absolute Gasteiger partial charge is 0.488 e. The Balaban J connectivity index is 2.49. The van der Waals surface area contributed by atoms with E-state index in [4.69, 9.17) is 10.0 Å². The van der Waals surface area contributed by atoms with Crippen molar-refractivity contribution in [3.8, 4) is 0 Å². The molecule has 0 spiro atoms. The first-order valence-electron chi connectivity index (χ1n) is 4.89. The highest BCUT2D eigenvalue weighted by molar-refractivity contribution is 8.12. The molecule has 1 aromatic rings. The Kier molecular flexibility index (Phi) is 5.44. The Hall–Kier alpha value is -1.77. The molecule has 1 rings (SSSR count). The first-order valence-corrected chi connectivity index (χ1v) is 5.71. The molecule has 6 nitrogen and oxygen atoms in total. The fourth-order valence-electron chi connectivity index (χ4n) is 1.03. The van der Waals surface area contributed by atoms with Gasteiger partial charge in [0.1, 0.15) is 0 Å². The third kappa shape index (κ3) is 4.62. The van der Waals surface area contributed by atoms with Crippen molar-refractivity contribution in [2.24, 2.45) is 0 Å². The average Bonchev–Trinajstić information content (AvgIpc) is 2.36. The van der Waals surface area contributed by atoms with Crippen LogP contribution in [0.3, 0.4) is 0 Å². The Morgan fingerprint density at radius 3 is 2.39 bits per heavy atom. The fourth-order valence-corrected chi connectivity index (χ4v) is 1.36. The van der Waals surface area contributed by atoms with Crippen LogP contribution in [0.25, 0.3) is 0 Å². The van der Waals surface area contributed by atoms with Crippen LogP contribution in [0.5, 0.6) is 0 Å². The average molecular weight is 266 g/mol. The molecule has 0 aliphatic rings. The summed E-state index contributed by atoms with van der Waals surface area (Å²) in [5.74, 6) is 0. The van der Waals surface area contributed by atoms with Crippen LogP contribution < -0.4 is 15.5 Å². The van der Waals surface area contributed by atoms with Gasteiger partial charge >= 0.3 is 13.1 Å². The fraction of sp³-hybridized carbons (Fsp3) is 0. The lowest BCUT2D eigenvalue weighted by molar-refractivity contribution is -0.107. The van der Waals surface area contributed by atoms with Gasteiger partial charge in [0, 0.05) is 17.6 Å². The lowest BCUT2D eigenvalue weighted by Gasteiger charge is -2.06. The zero-order valence-corrected chi connectivity index (χ0v) is 10.1. The summed E-state index contributed by atoms with van der Waals surface area (Å²) in [5, 5.41) is 19.8. The number of anilines is 1. The van der Waals surface area contributed by atoms with Gasteiger partial charge in [0.15, 0.2) is 0 Å². The van der Waals surface area contributed by atoms with Crippen LogP contribution in [0.1, 0.15) is 0 Å². The molecule has 0 heterocycles. The molecule has 0 aromatic heterocycles. The number of amides is 2. The van der Waals surface area contributed by atoms with E-state index in [-0.39, 0.29) is 5.12 Å². The summed E-state index contributed by atoms with van der Waals surface area (Å²) >= 11 is 0.613. The summed E-state index contributed by atoms with van der Waals surface area (Å²) in [6.45, 7) is 3.26. The Morgan fingerprint density at radius 1 is 1.28 bits per heavy atom. The third-order valence-electron chi connectivity index (χ3n) is 1.88. The first kappa shape index (κ1) is 14.3. The van der Waals surface area contributed by atoms with Gasteiger partial charge in [0.05, 0.1) is 0 Å². The van der Waals surface area contributed by atoms with E-state index >= 15 is 0 Å². The maximum Gasteiger partial charge on any atom is 0.488 e. The SMILES string of the molecule is C=CC(=O)SNC(=O)Nc1ccc(B(O)O)cc1. The summed E-state index contributed by atoms with van der Waals surface area (Å²) < 4.78 is 2.27. The predicted molar refractivity (Wildman–Crippen MR) is 71.2 cm³/mol. The van der Waals surface area contributed by atoms with Gasteiger partial charge in [0.2, 0.25) is 5.12 Å². The Morgan fingerprint density at radius 2 is 1.89 bits per heavy atom. The quantitative estimate of drug-likeness (QED) is 0.346. The monoisotopic (exact) mass is 266 g/mol. The topological polar surface area (TPSA) is 98.7 Å². The van der Waals surface area contributed by atoms with Crippen LogP contribution in [-0.2, 0) is 4.79 Å². The maximum absolute atomic E-state index is 11.3. The predicted octanol–water partition coefficient (Wildman–Crippen LogP) is -0.151. The minimum Gasteiger partial charge on any atom is -0.423 e. The van der Waals surface area contributed by atoms with Gasteiger partial charge in [-0.05, 0) is 23.7 Å². The maximum atomic E-state index is 11.3. The number of hydrogen-bond acceptors (Lipinski definition) is 5. The van der Waals surface area contributed by atoms with Gasteiger partial charge in [-0.25, -0.2) is 4.79 Å². The van der Waals surface area contributed by atoms with Crippen LogP contribution in [0.2, 0.25) is 0 Å². The molecule has 0 unspecified atom stereocenters. The summed E-state index contributed by atoms with van der Waals surface area (Å²) in [7, 11) is -1.55. The van der Waals surface area contributed by atoms with Crippen LogP contribution in [-0.4, -0.2) is 28.3 Å². The summed E-state index contributed by atoms with van der Waals surface area (Å²) in [4.78, 5) is 22.2. The molecular weight excluding hydrogens is 255 g/mol. The molecule has 0 saturated heterocycles. The molecule has 0 aliphatic carbocycles. The van der Waals surface area contributed by atoms with Gasteiger partial charge in [0.25, 0.3) is 0 Å². The molecular formula is C10H11BN2O4S. The summed E-state index contributed by atoms with van der Waals surface area (Å²) in [6.07, 6.45) is 1.09. The molecule has 0 saturated carbocycles. The van der Waals surface area contributed by atoms with Crippen LogP contribution in [0.15, 0.2) is 36.9 Å². The van der Waals surface area contributed by atoms with E-state index in [1.54, 1.807) is 0 Å². The van der Waals surface area contributed by atoms with Crippen molar-refractivity contribution in [3.05, 3.63) is 36.9 Å². The van der Waals surface area contributed by atoms with Crippen LogP contribution >= 0.6 is 11.9 Å². The second-order valence-corrected chi connectivity index (χ2v) is 3.99. The van der Waals surface area contributed by atoms with Crippen molar-refractivity contribution < 1.29 is 19.6 Å². The second kappa shape index (κ2) is 6.85. The zero-order valence-electron chi connectivity index (χ0n) is 9.29. The van der Waals surface area contributed by atoms with Crippen molar-refractivity contribution in [3.63, 3.8) is 0 Å². The molecule has 0 atom stereocenters. The number of hydrogen-bond donors (Lipinski definition) is 4. The second-order valence-electron chi connectivity index (χ2n) is 3.18. The van der Waals surface area contributed by atoms with E-state index in [1.807, 2.05) is 0 Å². The van der Waals surface area contributed by atoms with Crippen LogP contribution in [0.4, 0.5) is 10.5 Å². The van der Waals surface area contributed by atoms with Crippen molar-refractivity contribution in [2.75, 3.05) is 5.32 Å². The van der Waals surface area contributed by atoms with Gasteiger partial charge in [-0.3, -0.25) is 9.52 Å². The van der Waals surface area contributed by atoms with Crippen molar-refractivity contribution in [2.45, 2.75) is 0 Å². The molecule has 8 heteroatoms. The van der Waals surface area contributed by atoms with Crippen molar-refractivity contribution in [1.82, 2.24) is 4.72 Å². The third-order valence-corrected chi connectivity index (χ3v) is 2.53. The molecule has 1 aromatic carbocycles. The number of benzene rings is 1. The first-order chi connectivity index (χ1) is 8.52. The minimum atomic E-state index is -1.55. The number of carbonyl (C=O) groups excluding carboxylic acids is 2. The molecule has 18 heavy (non-hydrogen) atoms. The lowest BCUT2D eigenvalue weighted by Crippen LogP contribution is -2.30. The zero-order chi connectivity index (χ0) is 13.5. The molecule has 0 radical (unpaired) electrons. The highest BCUT2D eigenvalue weighted by atomic mass is 32.2.